The summed E-state index contributed by atoms with van der Waals surface area (Å²) in [7, 11) is 0. The first kappa shape index (κ1) is 16.1. The fourth-order valence-corrected chi connectivity index (χ4v) is 1.93. The van der Waals surface area contributed by atoms with Gasteiger partial charge in [-0.05, 0) is 40.2 Å². The molecule has 2 amide bonds. The number of rotatable bonds is 5. The molecule has 0 aromatic carbocycles. The van der Waals surface area contributed by atoms with E-state index in [0.717, 1.165) is 17.1 Å². The number of urea groups is 1. The van der Waals surface area contributed by atoms with E-state index in [2.05, 4.69) is 10.6 Å². The molecule has 0 fully saturated rings. The van der Waals surface area contributed by atoms with Crippen LogP contribution in [0.2, 0.25) is 0 Å². The van der Waals surface area contributed by atoms with Gasteiger partial charge >= 0.3 is 12.0 Å². The Bertz CT molecular complexity index is 509. The predicted molar refractivity (Wildman–Crippen MR) is 74.6 cm³/mol. The van der Waals surface area contributed by atoms with Gasteiger partial charge in [-0.1, -0.05) is 6.92 Å². The van der Waals surface area contributed by atoms with Crippen molar-refractivity contribution in [2.45, 2.75) is 52.6 Å². The number of carboxylic acids is 1. The third kappa shape index (κ3) is 3.53. The predicted octanol–water partition coefficient (Wildman–Crippen LogP) is 2.51. The highest BCUT2D eigenvalue weighted by atomic mass is 16.4. The van der Waals surface area contributed by atoms with Gasteiger partial charge in [0.2, 0.25) is 0 Å². The largest absolute Gasteiger partial charge is 0.480 e. The summed E-state index contributed by atoms with van der Waals surface area (Å²) in [4.78, 5) is 23.1. The highest BCUT2D eigenvalue weighted by Crippen LogP contribution is 2.21. The number of hydrogen-bond donors (Lipinski definition) is 3. The highest BCUT2D eigenvalue weighted by Gasteiger charge is 2.33. The lowest BCUT2D eigenvalue weighted by atomic mass is 10.00. The second kappa shape index (κ2) is 5.98. The average molecular weight is 282 g/mol. The molecule has 1 heterocycles. The zero-order chi connectivity index (χ0) is 15.5. The lowest BCUT2D eigenvalue weighted by molar-refractivity contribution is -0.143. The topological polar surface area (TPSA) is 91.6 Å². The normalized spacial score (nSPS) is 15.2. The van der Waals surface area contributed by atoms with Crippen LogP contribution in [0.5, 0.6) is 0 Å². The van der Waals surface area contributed by atoms with Gasteiger partial charge in [0.15, 0.2) is 0 Å². The van der Waals surface area contributed by atoms with Gasteiger partial charge in [-0.25, -0.2) is 9.59 Å². The fourth-order valence-electron chi connectivity index (χ4n) is 1.93. The summed E-state index contributed by atoms with van der Waals surface area (Å²) < 4.78 is 5.41. The van der Waals surface area contributed by atoms with Crippen molar-refractivity contribution in [3.8, 4) is 0 Å². The molecule has 6 nitrogen and oxygen atoms in total. The standard InChI is InChI=1S/C14H22N2O4/c1-6-14(5,12(17)18)16-13(19)15-9(3)11-7-8(2)20-10(11)4/h7,9H,6H2,1-5H3,(H,17,18)(H2,15,16,19). The SMILES string of the molecule is CCC(C)(NC(=O)NC(C)c1cc(C)oc1C)C(=O)O. The van der Waals surface area contributed by atoms with Gasteiger partial charge in [0, 0.05) is 5.56 Å². The Morgan fingerprint density at radius 3 is 2.45 bits per heavy atom. The van der Waals surface area contributed by atoms with Crippen LogP contribution >= 0.6 is 0 Å². The third-order valence-corrected chi connectivity index (χ3v) is 3.46. The van der Waals surface area contributed by atoms with Crippen molar-refractivity contribution in [3.05, 3.63) is 23.2 Å². The number of nitrogens with one attached hydrogen (secondary N) is 2. The van der Waals surface area contributed by atoms with Crippen molar-refractivity contribution in [1.82, 2.24) is 10.6 Å². The monoisotopic (exact) mass is 282 g/mol. The van der Waals surface area contributed by atoms with Gasteiger partial charge in [-0.2, -0.15) is 0 Å². The Morgan fingerprint density at radius 2 is 2.05 bits per heavy atom. The Balaban J connectivity index is 2.71. The molecule has 3 N–H and O–H groups in total. The molecule has 1 aromatic rings. The molecule has 0 aliphatic rings. The Labute approximate surface area is 118 Å². The molecule has 0 saturated carbocycles. The van der Waals surface area contributed by atoms with Crippen LogP contribution in [0.3, 0.4) is 0 Å². The van der Waals surface area contributed by atoms with Crippen molar-refractivity contribution in [2.75, 3.05) is 0 Å². The van der Waals surface area contributed by atoms with Crippen molar-refractivity contribution in [1.29, 1.82) is 0 Å². The molecule has 0 aliphatic carbocycles. The minimum absolute atomic E-state index is 0.262. The Hall–Kier alpha value is -1.98. The van der Waals surface area contributed by atoms with Crippen molar-refractivity contribution >= 4 is 12.0 Å². The van der Waals surface area contributed by atoms with Gasteiger partial charge in [-0.15, -0.1) is 0 Å². The van der Waals surface area contributed by atoms with E-state index in [1.165, 1.54) is 6.92 Å². The van der Waals surface area contributed by atoms with E-state index in [1.807, 2.05) is 26.8 Å². The maximum absolute atomic E-state index is 11.9. The van der Waals surface area contributed by atoms with E-state index in [0.29, 0.717) is 6.42 Å². The summed E-state index contributed by atoms with van der Waals surface area (Å²) in [6, 6.07) is 1.08. The van der Waals surface area contributed by atoms with Gasteiger partial charge in [0.1, 0.15) is 17.1 Å². The summed E-state index contributed by atoms with van der Waals surface area (Å²) in [6.45, 7) is 8.67. The van der Waals surface area contributed by atoms with Crippen LogP contribution in [-0.2, 0) is 4.79 Å². The number of carbonyl (C=O) groups excluding carboxylic acids is 1. The van der Waals surface area contributed by atoms with Crippen molar-refractivity contribution in [2.24, 2.45) is 0 Å². The number of carbonyl (C=O) groups is 2. The molecule has 2 unspecified atom stereocenters. The Kier molecular flexibility index (Phi) is 4.81. The van der Waals surface area contributed by atoms with Crippen LogP contribution < -0.4 is 10.6 Å². The first-order valence-corrected chi connectivity index (χ1v) is 6.58. The zero-order valence-electron chi connectivity index (χ0n) is 12.5. The quantitative estimate of drug-likeness (QED) is 0.773. The van der Waals surface area contributed by atoms with Crippen LogP contribution in [-0.4, -0.2) is 22.6 Å². The smallest absolute Gasteiger partial charge is 0.329 e. The number of aryl methyl sites for hydroxylation is 2. The molecule has 0 saturated heterocycles. The van der Waals surface area contributed by atoms with Gasteiger partial charge in [-0.3, -0.25) is 0 Å². The van der Waals surface area contributed by atoms with Gasteiger partial charge in [0.25, 0.3) is 0 Å². The lowest BCUT2D eigenvalue weighted by Gasteiger charge is -2.25. The molecule has 1 aromatic heterocycles. The maximum atomic E-state index is 11.9. The molecule has 0 bridgehead atoms. The molecule has 0 radical (unpaired) electrons. The average Bonchev–Trinajstić information content (AvgIpc) is 2.67. The van der Waals surface area contributed by atoms with Crippen molar-refractivity contribution in [3.63, 3.8) is 0 Å². The number of furan rings is 1. The molecule has 0 spiro atoms. The van der Waals surface area contributed by atoms with Crippen LogP contribution in [0.15, 0.2) is 10.5 Å². The first-order chi connectivity index (χ1) is 9.19. The molecule has 0 aliphatic heterocycles. The van der Waals surface area contributed by atoms with E-state index in [4.69, 9.17) is 9.52 Å². The summed E-state index contributed by atoms with van der Waals surface area (Å²) in [5.41, 5.74) is -0.392. The maximum Gasteiger partial charge on any atom is 0.329 e. The molecule has 2 atom stereocenters. The minimum atomic E-state index is -1.27. The summed E-state index contributed by atoms with van der Waals surface area (Å²) >= 11 is 0. The van der Waals surface area contributed by atoms with E-state index in [-0.39, 0.29) is 6.04 Å². The summed E-state index contributed by atoms with van der Waals surface area (Å²) in [5.74, 6) is 0.459. The molecule has 112 valence electrons. The van der Waals surface area contributed by atoms with Gasteiger partial charge in [0.05, 0.1) is 6.04 Å². The molecule has 6 heteroatoms. The molecule has 20 heavy (non-hydrogen) atoms. The number of hydrogen-bond acceptors (Lipinski definition) is 3. The number of amides is 2. The van der Waals surface area contributed by atoms with E-state index in [9.17, 15) is 9.59 Å². The summed E-state index contributed by atoms with van der Waals surface area (Å²) in [5, 5.41) is 14.3. The second-order valence-electron chi connectivity index (χ2n) is 5.18. The molecular weight excluding hydrogens is 260 g/mol. The fraction of sp³-hybridized carbons (Fsp3) is 0.571. The van der Waals surface area contributed by atoms with Crippen LogP contribution in [0, 0.1) is 13.8 Å². The van der Waals surface area contributed by atoms with E-state index < -0.39 is 17.5 Å². The molecule has 1 rings (SSSR count). The van der Waals surface area contributed by atoms with Crippen LogP contribution in [0.25, 0.3) is 0 Å². The summed E-state index contributed by atoms with van der Waals surface area (Å²) in [6.07, 6.45) is 0.300. The third-order valence-electron chi connectivity index (χ3n) is 3.46. The highest BCUT2D eigenvalue weighted by molar-refractivity contribution is 5.85. The van der Waals surface area contributed by atoms with Crippen LogP contribution in [0.4, 0.5) is 4.79 Å². The van der Waals surface area contributed by atoms with Crippen molar-refractivity contribution < 1.29 is 19.1 Å². The second-order valence-corrected chi connectivity index (χ2v) is 5.18. The van der Waals surface area contributed by atoms with E-state index in [1.54, 1.807) is 6.92 Å². The van der Waals surface area contributed by atoms with Crippen LogP contribution in [0.1, 0.15) is 50.3 Å². The van der Waals surface area contributed by atoms with E-state index >= 15 is 0 Å². The van der Waals surface area contributed by atoms with Gasteiger partial charge < -0.3 is 20.2 Å². The number of aliphatic carboxylic acids is 1. The molecular formula is C14H22N2O4. The first-order valence-electron chi connectivity index (χ1n) is 6.58. The zero-order valence-corrected chi connectivity index (χ0v) is 12.5. The minimum Gasteiger partial charge on any atom is -0.480 e. The number of carboxylic acid groups (broad SMARTS) is 1. The lowest BCUT2D eigenvalue weighted by Crippen LogP contribution is -2.55. The Morgan fingerprint density at radius 1 is 1.45 bits per heavy atom.